The average Bonchev–Trinajstić information content (AvgIpc) is 3.48. The number of hydrogen-bond donors (Lipinski definition) is 1. The standard InChI is InChI=1S/C43H53FN2O7Si/c1-28(2)46-35(22-21-33(47)25-34(26-38(48)52-8)53-54(9,10)43(3,4)5)39(31-17-19-32(44)20-18-31)40(30-14-12-11-13-15-30)41(46)42(49)45-27-29-16-23-36(50-6)37(24-29)51-7/h11-24,28,34H,25-27H2,1-10H3,(H,45,49)/b22-21+/t34-/m1/s1. The summed E-state index contributed by atoms with van der Waals surface area (Å²) in [5, 5.41) is 2.95. The molecule has 4 rings (SSSR count). The van der Waals surface area contributed by atoms with Crippen molar-refractivity contribution in [2.75, 3.05) is 21.3 Å². The fourth-order valence-electron chi connectivity index (χ4n) is 6.06. The van der Waals surface area contributed by atoms with E-state index in [0.717, 1.165) is 11.1 Å². The number of amides is 1. The first-order valence-corrected chi connectivity index (χ1v) is 21.0. The van der Waals surface area contributed by atoms with Gasteiger partial charge in [0.05, 0.1) is 39.5 Å². The summed E-state index contributed by atoms with van der Waals surface area (Å²) in [5.41, 5.74) is 4.52. The van der Waals surface area contributed by atoms with E-state index < -0.39 is 26.2 Å². The van der Waals surface area contributed by atoms with Crippen molar-refractivity contribution in [3.8, 4) is 33.8 Å². The lowest BCUT2D eigenvalue weighted by molar-refractivity contribution is -0.142. The first-order valence-electron chi connectivity index (χ1n) is 18.0. The predicted molar refractivity (Wildman–Crippen MR) is 214 cm³/mol. The number of nitrogens with zero attached hydrogens (tertiary/aromatic N) is 1. The van der Waals surface area contributed by atoms with Crippen LogP contribution in [0.25, 0.3) is 28.3 Å². The molecule has 0 radical (unpaired) electrons. The number of hydrogen-bond acceptors (Lipinski definition) is 7. The van der Waals surface area contributed by atoms with Crippen molar-refractivity contribution in [2.24, 2.45) is 0 Å². The van der Waals surface area contributed by atoms with Crippen molar-refractivity contribution in [1.29, 1.82) is 0 Å². The van der Waals surface area contributed by atoms with Crippen LogP contribution < -0.4 is 14.8 Å². The summed E-state index contributed by atoms with van der Waals surface area (Å²) >= 11 is 0. The maximum Gasteiger partial charge on any atom is 0.308 e. The van der Waals surface area contributed by atoms with Crippen molar-refractivity contribution in [1.82, 2.24) is 9.88 Å². The monoisotopic (exact) mass is 756 g/mol. The molecule has 0 bridgehead atoms. The number of rotatable bonds is 16. The van der Waals surface area contributed by atoms with Gasteiger partial charge in [-0.15, -0.1) is 0 Å². The summed E-state index contributed by atoms with van der Waals surface area (Å²) in [7, 11) is 2.08. The summed E-state index contributed by atoms with van der Waals surface area (Å²) in [6.07, 6.45) is 2.40. The Labute approximate surface area is 319 Å². The Morgan fingerprint density at radius 1 is 0.852 bits per heavy atom. The van der Waals surface area contributed by atoms with E-state index in [1.54, 1.807) is 38.5 Å². The van der Waals surface area contributed by atoms with Gasteiger partial charge in [-0.1, -0.05) is 69.3 Å². The van der Waals surface area contributed by atoms with Gasteiger partial charge >= 0.3 is 5.97 Å². The van der Waals surface area contributed by atoms with Gasteiger partial charge in [-0.2, -0.15) is 0 Å². The summed E-state index contributed by atoms with van der Waals surface area (Å²) in [6.45, 7) is 14.6. The number of carbonyl (C=O) groups is 3. The molecule has 1 N–H and O–H groups in total. The fourth-order valence-corrected chi connectivity index (χ4v) is 7.42. The van der Waals surface area contributed by atoms with Gasteiger partial charge in [-0.3, -0.25) is 14.4 Å². The normalized spacial score (nSPS) is 12.5. The molecule has 11 heteroatoms. The molecular formula is C43H53FN2O7Si. The van der Waals surface area contributed by atoms with Crippen LogP contribution in [0, 0.1) is 5.82 Å². The number of carbonyl (C=O) groups excluding carboxylic acids is 3. The Balaban J connectivity index is 1.87. The van der Waals surface area contributed by atoms with Crippen LogP contribution in [0.2, 0.25) is 18.1 Å². The first kappa shape index (κ1) is 41.7. The zero-order chi connectivity index (χ0) is 39.8. The Kier molecular flexibility index (Phi) is 13.8. The number of allylic oxidation sites excluding steroid dienone is 1. The lowest BCUT2D eigenvalue weighted by Crippen LogP contribution is -2.44. The molecule has 0 fully saturated rings. The van der Waals surface area contributed by atoms with Gasteiger partial charge in [0.25, 0.3) is 5.91 Å². The van der Waals surface area contributed by atoms with Crippen molar-refractivity contribution < 1.29 is 37.4 Å². The first-order chi connectivity index (χ1) is 25.5. The second-order valence-electron chi connectivity index (χ2n) is 15.0. The van der Waals surface area contributed by atoms with Gasteiger partial charge in [0.15, 0.2) is 25.6 Å². The van der Waals surface area contributed by atoms with Crippen LogP contribution in [0.4, 0.5) is 4.39 Å². The topological polar surface area (TPSA) is 105 Å². The van der Waals surface area contributed by atoms with Crippen LogP contribution in [-0.2, 0) is 25.3 Å². The summed E-state index contributed by atoms with van der Waals surface area (Å²) in [5.74, 6) is -0.344. The zero-order valence-corrected chi connectivity index (χ0v) is 34.0. The molecule has 54 heavy (non-hydrogen) atoms. The minimum Gasteiger partial charge on any atom is -0.493 e. The molecule has 4 aromatic rings. The number of methoxy groups -OCH3 is 3. The number of aromatic nitrogens is 1. The van der Waals surface area contributed by atoms with Crippen LogP contribution in [0.3, 0.4) is 0 Å². The van der Waals surface area contributed by atoms with E-state index in [9.17, 15) is 18.8 Å². The smallest absolute Gasteiger partial charge is 0.308 e. The molecule has 3 aromatic carbocycles. The van der Waals surface area contributed by atoms with Crippen LogP contribution in [0.5, 0.6) is 11.5 Å². The lowest BCUT2D eigenvalue weighted by atomic mass is 9.94. The van der Waals surface area contributed by atoms with Crippen LogP contribution in [0.1, 0.15) is 75.2 Å². The summed E-state index contributed by atoms with van der Waals surface area (Å²) in [4.78, 5) is 40.7. The SMILES string of the molecule is COC(=O)C[C@@H](CC(=O)/C=C/c1c(-c2ccc(F)cc2)c(-c2ccccc2)c(C(=O)NCc2ccc(OC)c(OC)c2)n1C(C)C)O[Si](C)(C)C(C)(C)C. The Hall–Kier alpha value is -5.00. The van der Waals surface area contributed by atoms with Crippen LogP contribution >= 0.6 is 0 Å². The highest BCUT2D eigenvalue weighted by molar-refractivity contribution is 6.74. The molecular weight excluding hydrogens is 704 g/mol. The minimum atomic E-state index is -2.36. The number of benzene rings is 3. The predicted octanol–water partition coefficient (Wildman–Crippen LogP) is 9.42. The van der Waals surface area contributed by atoms with Gasteiger partial charge in [-0.05, 0) is 85.1 Å². The highest BCUT2D eigenvalue weighted by Gasteiger charge is 2.40. The molecule has 9 nitrogen and oxygen atoms in total. The van der Waals surface area contributed by atoms with Gasteiger partial charge in [-0.25, -0.2) is 4.39 Å². The molecule has 1 amide bonds. The van der Waals surface area contributed by atoms with Crippen molar-refractivity contribution in [2.45, 2.75) is 84.3 Å². The number of nitrogens with one attached hydrogen (secondary N) is 1. The van der Waals surface area contributed by atoms with Crippen molar-refractivity contribution in [3.05, 3.63) is 102 Å². The van der Waals surface area contributed by atoms with E-state index in [2.05, 4.69) is 39.2 Å². The number of halogens is 1. The second-order valence-corrected chi connectivity index (χ2v) is 19.7. The summed E-state index contributed by atoms with van der Waals surface area (Å²) in [6, 6.07) is 20.8. The van der Waals surface area contributed by atoms with E-state index in [1.165, 1.54) is 25.3 Å². The van der Waals surface area contributed by atoms with E-state index in [-0.39, 0.29) is 42.2 Å². The highest BCUT2D eigenvalue weighted by Crippen LogP contribution is 2.43. The number of ketones is 1. The molecule has 0 aliphatic carbocycles. The van der Waals surface area contributed by atoms with Gasteiger partial charge < -0.3 is 28.5 Å². The van der Waals surface area contributed by atoms with Crippen LogP contribution in [-0.4, -0.2) is 58.0 Å². The molecule has 1 atom stereocenters. The lowest BCUT2D eigenvalue weighted by Gasteiger charge is -2.39. The Morgan fingerprint density at radius 2 is 1.48 bits per heavy atom. The quantitative estimate of drug-likeness (QED) is 0.0690. The fraction of sp³-hybridized carbons (Fsp3) is 0.372. The molecule has 0 aliphatic heterocycles. The molecule has 1 heterocycles. The largest absolute Gasteiger partial charge is 0.493 e. The maximum absolute atomic E-state index is 14.5. The molecule has 0 unspecified atom stereocenters. The number of ether oxygens (including phenoxy) is 3. The molecule has 288 valence electrons. The van der Waals surface area contributed by atoms with Gasteiger partial charge in [0.1, 0.15) is 11.5 Å². The van der Waals surface area contributed by atoms with E-state index in [4.69, 9.17) is 18.6 Å². The van der Waals surface area contributed by atoms with E-state index in [0.29, 0.717) is 39.6 Å². The number of esters is 1. The third kappa shape index (κ3) is 9.94. The Morgan fingerprint density at radius 3 is 2.06 bits per heavy atom. The maximum atomic E-state index is 14.5. The third-order valence-electron chi connectivity index (χ3n) is 9.82. The van der Waals surface area contributed by atoms with Crippen LogP contribution in [0.15, 0.2) is 78.9 Å². The van der Waals surface area contributed by atoms with Crippen molar-refractivity contribution >= 4 is 32.1 Å². The Bertz CT molecular complexity index is 1960. The molecule has 0 spiro atoms. The van der Waals surface area contributed by atoms with E-state index in [1.807, 2.05) is 60.9 Å². The summed E-state index contributed by atoms with van der Waals surface area (Å²) < 4.78 is 38.6. The minimum absolute atomic E-state index is 0.0451. The van der Waals surface area contributed by atoms with E-state index >= 15 is 0 Å². The average molecular weight is 757 g/mol. The third-order valence-corrected chi connectivity index (χ3v) is 14.4. The molecule has 1 aromatic heterocycles. The second kappa shape index (κ2) is 17.9. The van der Waals surface area contributed by atoms with Crippen molar-refractivity contribution in [3.63, 3.8) is 0 Å². The molecule has 0 saturated heterocycles. The highest BCUT2D eigenvalue weighted by atomic mass is 28.4. The van der Waals surface area contributed by atoms with Gasteiger partial charge in [0, 0.05) is 30.1 Å². The molecule has 0 saturated carbocycles. The zero-order valence-electron chi connectivity index (χ0n) is 33.0. The molecule has 0 aliphatic rings. The van der Waals surface area contributed by atoms with Gasteiger partial charge in [0.2, 0.25) is 0 Å².